The van der Waals surface area contributed by atoms with Crippen molar-refractivity contribution >= 4 is 11.6 Å². The van der Waals surface area contributed by atoms with Crippen LogP contribution in [0.4, 0.5) is 5.69 Å². The van der Waals surface area contributed by atoms with Crippen LogP contribution in [0.3, 0.4) is 0 Å². The molecule has 5 nitrogen and oxygen atoms in total. The lowest BCUT2D eigenvalue weighted by Gasteiger charge is -2.28. The van der Waals surface area contributed by atoms with E-state index in [0.29, 0.717) is 17.2 Å². The third-order valence-electron chi connectivity index (χ3n) is 3.66. The average Bonchev–Trinajstić information content (AvgIpc) is 2.47. The minimum absolute atomic E-state index is 0.0321. The molecule has 1 aliphatic heterocycles. The Labute approximate surface area is 119 Å². The summed E-state index contributed by atoms with van der Waals surface area (Å²) in [5, 5.41) is 2.96. The van der Waals surface area contributed by atoms with Gasteiger partial charge in [0.1, 0.15) is 11.5 Å². The van der Waals surface area contributed by atoms with Gasteiger partial charge >= 0.3 is 0 Å². The van der Waals surface area contributed by atoms with Gasteiger partial charge < -0.3 is 19.7 Å². The first kappa shape index (κ1) is 14.7. The van der Waals surface area contributed by atoms with Gasteiger partial charge in [-0.1, -0.05) is 0 Å². The number of ether oxygens (including phenoxy) is 2. The number of carbonyl (C=O) groups excluding carboxylic acids is 1. The van der Waals surface area contributed by atoms with Crippen LogP contribution < -0.4 is 14.8 Å². The SMILES string of the molecule is COc1ccc(OC)c(NC(=O)[C@@H]2CCCN(C)C2)c1. The van der Waals surface area contributed by atoms with E-state index in [1.807, 2.05) is 13.1 Å². The largest absolute Gasteiger partial charge is 0.497 e. The van der Waals surface area contributed by atoms with E-state index >= 15 is 0 Å². The number of nitrogens with zero attached hydrogens (tertiary/aromatic N) is 1. The van der Waals surface area contributed by atoms with E-state index < -0.39 is 0 Å². The summed E-state index contributed by atoms with van der Waals surface area (Å²) in [5.41, 5.74) is 0.657. The Morgan fingerprint density at radius 2 is 2.15 bits per heavy atom. The van der Waals surface area contributed by atoms with E-state index in [1.54, 1.807) is 26.4 Å². The van der Waals surface area contributed by atoms with Crippen molar-refractivity contribution < 1.29 is 14.3 Å². The predicted molar refractivity (Wildman–Crippen MR) is 78.4 cm³/mol. The number of benzene rings is 1. The first-order valence-corrected chi connectivity index (χ1v) is 6.85. The maximum atomic E-state index is 12.3. The van der Waals surface area contributed by atoms with E-state index in [4.69, 9.17) is 9.47 Å². The topological polar surface area (TPSA) is 50.8 Å². The van der Waals surface area contributed by atoms with Crippen LogP contribution in [0.25, 0.3) is 0 Å². The third kappa shape index (κ3) is 3.42. The highest BCUT2D eigenvalue weighted by Crippen LogP contribution is 2.29. The summed E-state index contributed by atoms with van der Waals surface area (Å²) in [6.45, 7) is 1.87. The van der Waals surface area contributed by atoms with Crippen LogP contribution in [0.1, 0.15) is 12.8 Å². The second-order valence-electron chi connectivity index (χ2n) is 5.16. The molecule has 0 saturated carbocycles. The van der Waals surface area contributed by atoms with Crippen LogP contribution in [0.15, 0.2) is 18.2 Å². The molecule has 2 rings (SSSR count). The second kappa shape index (κ2) is 6.61. The van der Waals surface area contributed by atoms with Gasteiger partial charge in [0.05, 0.1) is 25.8 Å². The van der Waals surface area contributed by atoms with Crippen molar-refractivity contribution in [2.24, 2.45) is 5.92 Å². The van der Waals surface area contributed by atoms with Crippen LogP contribution in [-0.2, 0) is 4.79 Å². The Bertz CT molecular complexity index is 476. The zero-order chi connectivity index (χ0) is 14.5. The molecule has 110 valence electrons. The van der Waals surface area contributed by atoms with E-state index in [2.05, 4.69) is 10.2 Å². The van der Waals surface area contributed by atoms with Gasteiger partial charge in [0.2, 0.25) is 5.91 Å². The van der Waals surface area contributed by atoms with Crippen LogP contribution in [-0.4, -0.2) is 45.2 Å². The molecule has 0 radical (unpaired) electrons. The third-order valence-corrected chi connectivity index (χ3v) is 3.66. The van der Waals surface area contributed by atoms with Gasteiger partial charge in [-0.25, -0.2) is 0 Å². The number of nitrogens with one attached hydrogen (secondary N) is 1. The zero-order valence-corrected chi connectivity index (χ0v) is 12.3. The quantitative estimate of drug-likeness (QED) is 0.915. The Morgan fingerprint density at radius 1 is 1.35 bits per heavy atom. The molecular weight excluding hydrogens is 256 g/mol. The lowest BCUT2D eigenvalue weighted by Crippen LogP contribution is -2.38. The molecule has 20 heavy (non-hydrogen) atoms. The fourth-order valence-electron chi connectivity index (χ4n) is 2.53. The van der Waals surface area contributed by atoms with Crippen molar-refractivity contribution in [1.82, 2.24) is 4.90 Å². The van der Waals surface area contributed by atoms with Gasteiger partial charge in [0, 0.05) is 12.6 Å². The number of hydrogen-bond donors (Lipinski definition) is 1. The summed E-state index contributed by atoms with van der Waals surface area (Å²) in [7, 11) is 5.24. The van der Waals surface area contributed by atoms with Crippen molar-refractivity contribution in [3.63, 3.8) is 0 Å². The van der Waals surface area contributed by atoms with Gasteiger partial charge in [-0.15, -0.1) is 0 Å². The first-order chi connectivity index (χ1) is 9.63. The highest BCUT2D eigenvalue weighted by atomic mass is 16.5. The smallest absolute Gasteiger partial charge is 0.228 e. The molecule has 1 aromatic carbocycles. The van der Waals surface area contributed by atoms with Crippen molar-refractivity contribution in [2.75, 3.05) is 39.7 Å². The van der Waals surface area contributed by atoms with Crippen molar-refractivity contribution in [1.29, 1.82) is 0 Å². The summed E-state index contributed by atoms with van der Waals surface area (Å²) in [4.78, 5) is 14.5. The average molecular weight is 278 g/mol. The molecule has 1 saturated heterocycles. The van der Waals surface area contributed by atoms with Crippen molar-refractivity contribution in [3.05, 3.63) is 18.2 Å². The van der Waals surface area contributed by atoms with Crippen LogP contribution in [0.5, 0.6) is 11.5 Å². The van der Waals surface area contributed by atoms with Gasteiger partial charge in [0.25, 0.3) is 0 Å². The van der Waals surface area contributed by atoms with E-state index in [1.165, 1.54) is 0 Å². The molecule has 0 bridgehead atoms. The minimum Gasteiger partial charge on any atom is -0.497 e. The van der Waals surface area contributed by atoms with Crippen LogP contribution in [0.2, 0.25) is 0 Å². The van der Waals surface area contributed by atoms with Gasteiger partial charge in [-0.05, 0) is 38.6 Å². The summed E-state index contributed by atoms with van der Waals surface area (Å²) < 4.78 is 10.5. The number of methoxy groups -OCH3 is 2. The Balaban J connectivity index is 2.10. The first-order valence-electron chi connectivity index (χ1n) is 6.85. The lowest BCUT2D eigenvalue weighted by atomic mass is 9.97. The standard InChI is InChI=1S/C15H22N2O3/c1-17-8-4-5-11(10-17)15(18)16-13-9-12(19-2)6-7-14(13)20-3/h6-7,9,11H,4-5,8,10H2,1-3H3,(H,16,18)/t11-/m1/s1. The summed E-state index contributed by atoms with van der Waals surface area (Å²) in [5.74, 6) is 1.41. The second-order valence-corrected chi connectivity index (χ2v) is 5.16. The number of carbonyl (C=O) groups is 1. The highest BCUT2D eigenvalue weighted by molar-refractivity contribution is 5.94. The van der Waals surface area contributed by atoms with E-state index in [-0.39, 0.29) is 11.8 Å². The molecule has 5 heteroatoms. The van der Waals surface area contributed by atoms with E-state index in [9.17, 15) is 4.79 Å². The molecule has 0 unspecified atom stereocenters. The monoisotopic (exact) mass is 278 g/mol. The fraction of sp³-hybridized carbons (Fsp3) is 0.533. The molecule has 1 N–H and O–H groups in total. The minimum atomic E-state index is 0.0321. The molecule has 1 atom stereocenters. The molecule has 1 aromatic rings. The summed E-state index contributed by atoms with van der Waals surface area (Å²) in [6, 6.07) is 5.38. The van der Waals surface area contributed by atoms with Gasteiger partial charge in [-0.2, -0.15) is 0 Å². The molecule has 1 aliphatic rings. The number of amides is 1. The summed E-state index contributed by atoms with van der Waals surface area (Å²) >= 11 is 0. The van der Waals surface area contributed by atoms with Crippen LogP contribution in [0, 0.1) is 5.92 Å². The molecule has 0 aromatic heterocycles. The van der Waals surface area contributed by atoms with Gasteiger partial charge in [0.15, 0.2) is 0 Å². The summed E-state index contributed by atoms with van der Waals surface area (Å²) in [6.07, 6.45) is 1.99. The normalized spacial score (nSPS) is 19.4. The Hall–Kier alpha value is -1.75. The number of hydrogen-bond acceptors (Lipinski definition) is 4. The molecule has 0 spiro atoms. The van der Waals surface area contributed by atoms with Crippen molar-refractivity contribution in [3.8, 4) is 11.5 Å². The van der Waals surface area contributed by atoms with E-state index in [0.717, 1.165) is 25.9 Å². The zero-order valence-electron chi connectivity index (χ0n) is 12.3. The molecular formula is C15H22N2O3. The maximum absolute atomic E-state index is 12.3. The molecule has 1 heterocycles. The molecule has 1 fully saturated rings. The van der Waals surface area contributed by atoms with Crippen molar-refractivity contribution in [2.45, 2.75) is 12.8 Å². The Morgan fingerprint density at radius 3 is 2.80 bits per heavy atom. The molecule has 1 amide bonds. The number of piperidine rings is 1. The fourth-order valence-corrected chi connectivity index (χ4v) is 2.53. The molecule has 0 aliphatic carbocycles. The predicted octanol–water partition coefficient (Wildman–Crippen LogP) is 1.98. The van der Waals surface area contributed by atoms with Gasteiger partial charge in [-0.3, -0.25) is 4.79 Å². The number of anilines is 1. The van der Waals surface area contributed by atoms with Crippen LogP contribution >= 0.6 is 0 Å². The lowest BCUT2D eigenvalue weighted by molar-refractivity contribution is -0.121. The number of rotatable bonds is 4. The maximum Gasteiger partial charge on any atom is 0.228 e. The number of likely N-dealkylation sites (tertiary alicyclic amines) is 1. The Kier molecular flexibility index (Phi) is 4.84. The highest BCUT2D eigenvalue weighted by Gasteiger charge is 2.24.